The molecule has 8 nitrogen and oxygen atoms in total. The van der Waals surface area contributed by atoms with E-state index in [1.165, 1.54) is 6.26 Å². The van der Waals surface area contributed by atoms with Gasteiger partial charge in [-0.1, -0.05) is 6.07 Å². The number of hydrogen-bond acceptors (Lipinski definition) is 7. The number of anilines is 1. The van der Waals surface area contributed by atoms with E-state index in [0.29, 0.717) is 25.1 Å². The summed E-state index contributed by atoms with van der Waals surface area (Å²) in [5.74, 6) is -0.243. The zero-order chi connectivity index (χ0) is 25.0. The van der Waals surface area contributed by atoms with Gasteiger partial charge in [-0.05, 0) is 79.7 Å². The van der Waals surface area contributed by atoms with Crippen LogP contribution in [0.15, 0.2) is 41.3 Å². The molecule has 10 heteroatoms. The Bertz CT molecular complexity index is 1290. The van der Waals surface area contributed by atoms with Gasteiger partial charge in [-0.2, -0.15) is 0 Å². The molecule has 3 aliphatic rings. The lowest BCUT2D eigenvalue weighted by Crippen LogP contribution is -2.43. The van der Waals surface area contributed by atoms with Crippen LogP contribution in [0.4, 0.5) is 5.69 Å². The summed E-state index contributed by atoms with van der Waals surface area (Å²) in [4.78, 5) is 28.9. The number of aliphatic hydroxyl groups is 1. The fraction of sp³-hybridized carbons (Fsp3) is 0.462. The van der Waals surface area contributed by atoms with Gasteiger partial charge in [0.25, 0.3) is 0 Å². The number of halogens is 1. The number of cyclic esters (lactones) is 1. The molecule has 0 radical (unpaired) electrons. The molecule has 3 aliphatic heterocycles. The van der Waals surface area contributed by atoms with Crippen LogP contribution in [0.5, 0.6) is 0 Å². The van der Waals surface area contributed by atoms with E-state index in [-0.39, 0.29) is 41.2 Å². The first-order chi connectivity index (χ1) is 16.6. The Hall–Kier alpha value is -2.46. The van der Waals surface area contributed by atoms with Gasteiger partial charge in [-0.15, -0.1) is 12.4 Å². The number of esters is 1. The summed E-state index contributed by atoms with van der Waals surface area (Å²) in [6.45, 7) is 4.88. The van der Waals surface area contributed by atoms with Crippen molar-refractivity contribution in [3.63, 3.8) is 0 Å². The molecular weight excluding hydrogens is 504 g/mol. The lowest BCUT2D eigenvalue weighted by atomic mass is 9.77. The van der Waals surface area contributed by atoms with Gasteiger partial charge in [0.15, 0.2) is 9.84 Å². The van der Waals surface area contributed by atoms with Crippen molar-refractivity contribution in [2.24, 2.45) is 5.41 Å². The number of carbonyl (C=O) groups excluding carboxylic acids is 2. The molecule has 1 spiro atoms. The van der Waals surface area contributed by atoms with Crippen molar-refractivity contribution in [2.75, 3.05) is 37.3 Å². The molecule has 2 aromatic rings. The summed E-state index contributed by atoms with van der Waals surface area (Å²) in [6.07, 6.45) is 2.70. The number of ether oxygens (including phenoxy) is 1. The van der Waals surface area contributed by atoms with Gasteiger partial charge in [0.05, 0.1) is 16.6 Å². The molecule has 5 rings (SSSR count). The highest BCUT2D eigenvalue weighted by Crippen LogP contribution is 2.43. The molecule has 36 heavy (non-hydrogen) atoms. The SMILES string of the molecule is Cc1c([C@@H](O)CN2CCC3(CC2)CC(=O)N(c2ccc(S(C)(=O)=O)cc2)C3)ccc2c1COC2=O.Cl. The number of benzene rings is 2. The molecule has 2 fully saturated rings. The zero-order valence-electron chi connectivity index (χ0n) is 20.4. The number of hydrogen-bond donors (Lipinski definition) is 1. The number of sulfone groups is 1. The molecule has 0 unspecified atom stereocenters. The molecular formula is C26H31ClN2O6S. The number of aliphatic hydroxyl groups excluding tert-OH is 1. The number of fused-ring (bicyclic) bond motifs is 1. The molecule has 2 aromatic carbocycles. The van der Waals surface area contributed by atoms with Crippen LogP contribution in [-0.4, -0.2) is 62.7 Å². The number of likely N-dealkylation sites (tertiary alicyclic amines) is 1. The maximum absolute atomic E-state index is 12.8. The van der Waals surface area contributed by atoms with Gasteiger partial charge in [-0.25, -0.2) is 13.2 Å². The minimum absolute atomic E-state index is 0. The highest BCUT2D eigenvalue weighted by molar-refractivity contribution is 7.90. The van der Waals surface area contributed by atoms with Crippen LogP contribution in [0.25, 0.3) is 0 Å². The van der Waals surface area contributed by atoms with E-state index in [2.05, 4.69) is 4.90 Å². The van der Waals surface area contributed by atoms with E-state index in [1.807, 2.05) is 13.0 Å². The maximum Gasteiger partial charge on any atom is 0.338 e. The second-order valence-corrected chi connectivity index (χ2v) is 12.1. The molecule has 0 aliphatic carbocycles. The third kappa shape index (κ3) is 4.89. The Morgan fingerprint density at radius 1 is 1.08 bits per heavy atom. The summed E-state index contributed by atoms with van der Waals surface area (Å²) in [5.41, 5.74) is 3.80. The van der Waals surface area contributed by atoms with Crippen LogP contribution in [0.2, 0.25) is 0 Å². The molecule has 1 atom stereocenters. The van der Waals surface area contributed by atoms with Crippen LogP contribution in [0.3, 0.4) is 0 Å². The van der Waals surface area contributed by atoms with E-state index in [9.17, 15) is 23.1 Å². The number of β-amino-alcohol motifs (C(OH)–C–C–N with tert-alkyl or cyclic N) is 1. The first-order valence-corrected chi connectivity index (χ1v) is 13.8. The maximum atomic E-state index is 12.8. The lowest BCUT2D eigenvalue weighted by molar-refractivity contribution is -0.118. The van der Waals surface area contributed by atoms with Crippen LogP contribution >= 0.6 is 12.4 Å². The monoisotopic (exact) mass is 534 g/mol. The highest BCUT2D eigenvalue weighted by Gasteiger charge is 2.45. The van der Waals surface area contributed by atoms with Crippen molar-refractivity contribution in [1.29, 1.82) is 0 Å². The van der Waals surface area contributed by atoms with Crippen LogP contribution in [0, 0.1) is 12.3 Å². The molecule has 0 saturated carbocycles. The van der Waals surface area contributed by atoms with Crippen molar-refractivity contribution in [3.05, 3.63) is 58.7 Å². The second kappa shape index (κ2) is 9.78. The Morgan fingerprint density at radius 3 is 2.39 bits per heavy atom. The Morgan fingerprint density at radius 2 is 1.75 bits per heavy atom. The Kier molecular flexibility index (Phi) is 7.22. The number of rotatable bonds is 5. The predicted molar refractivity (Wildman–Crippen MR) is 137 cm³/mol. The van der Waals surface area contributed by atoms with Crippen molar-refractivity contribution in [2.45, 2.75) is 43.8 Å². The number of piperidine rings is 1. The van der Waals surface area contributed by atoms with Crippen LogP contribution in [-0.2, 0) is 26.0 Å². The first-order valence-electron chi connectivity index (χ1n) is 11.9. The summed E-state index contributed by atoms with van der Waals surface area (Å²) in [7, 11) is -3.28. The number of carbonyl (C=O) groups is 2. The van der Waals surface area contributed by atoms with E-state index in [0.717, 1.165) is 48.3 Å². The molecule has 1 N–H and O–H groups in total. The summed E-state index contributed by atoms with van der Waals surface area (Å²) >= 11 is 0. The van der Waals surface area contributed by atoms with Crippen molar-refractivity contribution in [1.82, 2.24) is 4.90 Å². The predicted octanol–water partition coefficient (Wildman–Crippen LogP) is 3.04. The first kappa shape index (κ1) is 26.6. The van der Waals surface area contributed by atoms with Gasteiger partial charge in [0.1, 0.15) is 6.61 Å². The van der Waals surface area contributed by atoms with Crippen LogP contribution in [0.1, 0.15) is 52.4 Å². The smallest absolute Gasteiger partial charge is 0.338 e. The molecule has 0 bridgehead atoms. The normalized spacial score (nSPS) is 20.2. The van der Waals surface area contributed by atoms with Crippen LogP contribution < -0.4 is 4.90 Å². The quantitative estimate of drug-likeness (QED) is 0.588. The van der Waals surface area contributed by atoms with Crippen molar-refractivity contribution < 1.29 is 27.9 Å². The average Bonchev–Trinajstić information content (AvgIpc) is 3.35. The minimum Gasteiger partial charge on any atom is -0.457 e. The third-order valence-corrected chi connectivity index (χ3v) is 8.94. The van der Waals surface area contributed by atoms with Gasteiger partial charge < -0.3 is 19.6 Å². The molecule has 1 amide bonds. The molecule has 3 heterocycles. The van der Waals surface area contributed by atoms with Gasteiger partial charge in [-0.3, -0.25) is 4.79 Å². The topological polar surface area (TPSA) is 104 Å². The molecule has 194 valence electrons. The van der Waals surface area contributed by atoms with E-state index >= 15 is 0 Å². The molecule has 2 saturated heterocycles. The fourth-order valence-corrected chi connectivity index (χ4v) is 6.25. The number of amides is 1. The summed E-state index contributed by atoms with van der Waals surface area (Å²) in [6, 6.07) is 10.1. The average molecular weight is 535 g/mol. The lowest BCUT2D eigenvalue weighted by Gasteiger charge is -2.39. The number of nitrogens with zero attached hydrogens (tertiary/aromatic N) is 2. The van der Waals surface area contributed by atoms with Gasteiger partial charge >= 0.3 is 5.97 Å². The van der Waals surface area contributed by atoms with Crippen molar-refractivity contribution in [3.8, 4) is 0 Å². The Labute approximate surface area is 217 Å². The second-order valence-electron chi connectivity index (χ2n) is 10.1. The minimum atomic E-state index is -3.28. The Balaban J connectivity index is 0.00000304. The van der Waals surface area contributed by atoms with E-state index in [4.69, 9.17) is 4.74 Å². The molecule has 0 aromatic heterocycles. The van der Waals surface area contributed by atoms with E-state index < -0.39 is 15.9 Å². The largest absolute Gasteiger partial charge is 0.457 e. The fourth-order valence-electron chi connectivity index (χ4n) is 5.62. The van der Waals surface area contributed by atoms with Gasteiger partial charge in [0, 0.05) is 37.0 Å². The summed E-state index contributed by atoms with van der Waals surface area (Å²) in [5, 5.41) is 10.9. The standard InChI is InChI=1S/C26H30N2O6S.ClH/c1-17-20(7-8-21-22(17)15-34-25(21)31)23(29)14-27-11-9-26(10-12-27)13-24(30)28(16-26)18-3-5-19(6-4-18)35(2,32)33;/h3-8,23,29H,9-16H2,1-2H3;1H/t23-;/m0./s1. The third-order valence-electron chi connectivity index (χ3n) is 7.81. The zero-order valence-corrected chi connectivity index (χ0v) is 22.0. The summed E-state index contributed by atoms with van der Waals surface area (Å²) < 4.78 is 28.6. The van der Waals surface area contributed by atoms with E-state index in [1.54, 1.807) is 35.2 Å². The van der Waals surface area contributed by atoms with Crippen molar-refractivity contribution >= 4 is 39.8 Å². The highest BCUT2D eigenvalue weighted by atomic mass is 35.5. The van der Waals surface area contributed by atoms with Gasteiger partial charge in [0.2, 0.25) is 5.91 Å².